The molecule has 0 spiro atoms. The highest BCUT2D eigenvalue weighted by Crippen LogP contribution is 2.23. The molecule has 0 amide bonds. The molecule has 0 N–H and O–H groups in total. The van der Waals surface area contributed by atoms with Crippen molar-refractivity contribution in [3.63, 3.8) is 0 Å². The van der Waals surface area contributed by atoms with Crippen molar-refractivity contribution in [2.45, 2.75) is 25.7 Å². The highest BCUT2D eigenvalue weighted by molar-refractivity contribution is 7.10. The minimum Gasteiger partial charge on any atom is -0.295 e. The molecule has 1 nitrogen and oxygen atoms in total. The summed E-state index contributed by atoms with van der Waals surface area (Å²) in [5.41, 5.74) is 1.02. The first kappa shape index (κ1) is 8.70. The molecule has 2 heteroatoms. The van der Waals surface area contributed by atoms with Crippen LogP contribution in [0.2, 0.25) is 0 Å². The van der Waals surface area contributed by atoms with Crippen molar-refractivity contribution in [2.75, 3.05) is 0 Å². The van der Waals surface area contributed by atoms with Crippen LogP contribution in [0.25, 0.3) is 6.08 Å². The second-order valence-electron chi connectivity index (χ2n) is 3.32. The standard InChI is InChI=1S/C11H12OS/c12-11-6-2-1-4-9(11)8-10-5-3-7-13-10/h3,5,7-8H,1-2,4,6H2. The zero-order valence-electron chi connectivity index (χ0n) is 7.45. The minimum atomic E-state index is 0.347. The summed E-state index contributed by atoms with van der Waals surface area (Å²) in [6.07, 6.45) is 6.00. The molecule has 1 aromatic heterocycles. The van der Waals surface area contributed by atoms with E-state index in [4.69, 9.17) is 0 Å². The number of carbonyl (C=O) groups is 1. The molecular formula is C11H12OS. The Balaban J connectivity index is 2.19. The second-order valence-corrected chi connectivity index (χ2v) is 4.29. The predicted octanol–water partition coefficient (Wildman–Crippen LogP) is 3.27. The van der Waals surface area contributed by atoms with E-state index in [1.807, 2.05) is 17.5 Å². The van der Waals surface area contributed by atoms with Gasteiger partial charge in [-0.25, -0.2) is 0 Å². The van der Waals surface area contributed by atoms with E-state index in [1.54, 1.807) is 11.3 Å². The monoisotopic (exact) mass is 192 g/mol. The van der Waals surface area contributed by atoms with E-state index in [-0.39, 0.29) is 0 Å². The molecule has 0 aromatic carbocycles. The Hall–Kier alpha value is -0.890. The highest BCUT2D eigenvalue weighted by Gasteiger charge is 2.14. The normalized spacial score (nSPS) is 20.9. The minimum absolute atomic E-state index is 0.347. The molecule has 68 valence electrons. The number of thiophene rings is 1. The van der Waals surface area contributed by atoms with Crippen LogP contribution in [-0.4, -0.2) is 5.78 Å². The summed E-state index contributed by atoms with van der Waals surface area (Å²) in [5, 5.41) is 2.04. The first-order valence-corrected chi connectivity index (χ1v) is 5.51. The van der Waals surface area contributed by atoms with Gasteiger partial charge in [-0.05, 0) is 42.4 Å². The summed E-state index contributed by atoms with van der Waals surface area (Å²) in [4.78, 5) is 12.7. The van der Waals surface area contributed by atoms with E-state index in [0.717, 1.165) is 24.8 Å². The number of carbonyl (C=O) groups excluding carboxylic acids is 1. The van der Waals surface area contributed by atoms with Gasteiger partial charge < -0.3 is 0 Å². The van der Waals surface area contributed by atoms with E-state index in [1.165, 1.54) is 11.3 Å². The summed E-state index contributed by atoms with van der Waals surface area (Å²) in [6, 6.07) is 4.07. The summed E-state index contributed by atoms with van der Waals surface area (Å²) in [7, 11) is 0. The lowest BCUT2D eigenvalue weighted by atomic mass is 9.93. The van der Waals surface area contributed by atoms with Gasteiger partial charge in [0.25, 0.3) is 0 Å². The van der Waals surface area contributed by atoms with Crippen LogP contribution in [0.15, 0.2) is 23.1 Å². The Morgan fingerprint density at radius 3 is 2.85 bits per heavy atom. The van der Waals surface area contributed by atoms with E-state index in [0.29, 0.717) is 5.78 Å². The third-order valence-corrected chi connectivity index (χ3v) is 3.14. The van der Waals surface area contributed by atoms with Gasteiger partial charge in [-0.3, -0.25) is 4.79 Å². The number of hydrogen-bond acceptors (Lipinski definition) is 2. The fraction of sp³-hybridized carbons (Fsp3) is 0.364. The zero-order chi connectivity index (χ0) is 9.10. The molecule has 1 aromatic rings. The summed E-state index contributed by atoms with van der Waals surface area (Å²) < 4.78 is 0. The van der Waals surface area contributed by atoms with Crippen LogP contribution in [0, 0.1) is 0 Å². The van der Waals surface area contributed by atoms with E-state index in [9.17, 15) is 4.79 Å². The quantitative estimate of drug-likeness (QED) is 0.624. The van der Waals surface area contributed by atoms with Crippen molar-refractivity contribution >= 4 is 23.2 Å². The first-order chi connectivity index (χ1) is 6.36. The first-order valence-electron chi connectivity index (χ1n) is 4.63. The molecular weight excluding hydrogens is 180 g/mol. The number of Topliss-reactive ketones (excluding diaryl/α,β-unsaturated/α-hetero) is 1. The second kappa shape index (κ2) is 3.88. The molecule has 2 rings (SSSR count). The molecule has 1 heterocycles. The van der Waals surface area contributed by atoms with Crippen molar-refractivity contribution in [2.24, 2.45) is 0 Å². The van der Waals surface area contributed by atoms with Gasteiger partial charge in [-0.2, -0.15) is 0 Å². The van der Waals surface area contributed by atoms with Gasteiger partial charge in [0.15, 0.2) is 5.78 Å². The predicted molar refractivity (Wildman–Crippen MR) is 55.8 cm³/mol. The van der Waals surface area contributed by atoms with Crippen molar-refractivity contribution in [3.05, 3.63) is 28.0 Å². The number of allylic oxidation sites excluding steroid dienone is 1. The Morgan fingerprint density at radius 1 is 1.31 bits per heavy atom. The van der Waals surface area contributed by atoms with Crippen molar-refractivity contribution in [3.8, 4) is 0 Å². The molecule has 0 atom stereocenters. The average Bonchev–Trinajstić information content (AvgIpc) is 2.61. The number of rotatable bonds is 1. The largest absolute Gasteiger partial charge is 0.295 e. The van der Waals surface area contributed by atoms with Crippen LogP contribution in [0.4, 0.5) is 0 Å². The third-order valence-electron chi connectivity index (χ3n) is 2.32. The summed E-state index contributed by atoms with van der Waals surface area (Å²) >= 11 is 1.69. The maximum Gasteiger partial charge on any atom is 0.158 e. The van der Waals surface area contributed by atoms with Gasteiger partial charge in [0, 0.05) is 11.3 Å². The van der Waals surface area contributed by atoms with Crippen LogP contribution in [0.3, 0.4) is 0 Å². The molecule has 1 fully saturated rings. The lowest BCUT2D eigenvalue weighted by molar-refractivity contribution is -0.116. The third kappa shape index (κ3) is 2.07. The molecule has 0 unspecified atom stereocenters. The summed E-state index contributed by atoms with van der Waals surface area (Å²) in [6.45, 7) is 0. The van der Waals surface area contributed by atoms with Crippen molar-refractivity contribution in [1.82, 2.24) is 0 Å². The van der Waals surface area contributed by atoms with Crippen LogP contribution >= 0.6 is 11.3 Å². The van der Waals surface area contributed by atoms with Crippen LogP contribution < -0.4 is 0 Å². The van der Waals surface area contributed by atoms with Crippen LogP contribution in [0.1, 0.15) is 30.6 Å². The smallest absolute Gasteiger partial charge is 0.158 e. The molecule has 1 saturated carbocycles. The van der Waals surface area contributed by atoms with Crippen molar-refractivity contribution in [1.29, 1.82) is 0 Å². The molecule has 0 bridgehead atoms. The fourth-order valence-electron chi connectivity index (χ4n) is 1.60. The van der Waals surface area contributed by atoms with Gasteiger partial charge in [0.1, 0.15) is 0 Å². The van der Waals surface area contributed by atoms with Crippen LogP contribution in [0.5, 0.6) is 0 Å². The topological polar surface area (TPSA) is 17.1 Å². The number of ketones is 1. The molecule has 1 aliphatic carbocycles. The molecule has 0 aliphatic heterocycles. The Labute approximate surface area is 82.1 Å². The molecule has 0 radical (unpaired) electrons. The van der Waals surface area contributed by atoms with Gasteiger partial charge in [-0.1, -0.05) is 6.07 Å². The van der Waals surface area contributed by atoms with E-state index < -0.39 is 0 Å². The van der Waals surface area contributed by atoms with Gasteiger partial charge in [0.2, 0.25) is 0 Å². The van der Waals surface area contributed by atoms with Crippen molar-refractivity contribution < 1.29 is 4.79 Å². The number of hydrogen-bond donors (Lipinski definition) is 0. The highest BCUT2D eigenvalue weighted by atomic mass is 32.1. The molecule has 13 heavy (non-hydrogen) atoms. The van der Waals surface area contributed by atoms with E-state index in [2.05, 4.69) is 6.07 Å². The van der Waals surface area contributed by atoms with Gasteiger partial charge in [0.05, 0.1) is 0 Å². The zero-order valence-corrected chi connectivity index (χ0v) is 8.27. The Kier molecular flexibility index (Phi) is 2.60. The lowest BCUT2D eigenvalue weighted by Gasteiger charge is -2.11. The maximum absolute atomic E-state index is 11.5. The fourth-order valence-corrected chi connectivity index (χ4v) is 2.28. The summed E-state index contributed by atoms with van der Waals surface area (Å²) in [5.74, 6) is 0.347. The van der Waals surface area contributed by atoms with E-state index >= 15 is 0 Å². The SMILES string of the molecule is O=C1CCCCC1=Cc1cccs1. The lowest BCUT2D eigenvalue weighted by Crippen LogP contribution is -2.07. The average molecular weight is 192 g/mol. The Morgan fingerprint density at radius 2 is 2.15 bits per heavy atom. The Bertz CT molecular complexity index is 322. The molecule has 0 saturated heterocycles. The van der Waals surface area contributed by atoms with Gasteiger partial charge >= 0.3 is 0 Å². The van der Waals surface area contributed by atoms with Gasteiger partial charge in [-0.15, -0.1) is 11.3 Å². The van der Waals surface area contributed by atoms with Crippen LogP contribution in [-0.2, 0) is 4.79 Å². The molecule has 1 aliphatic rings. The maximum atomic E-state index is 11.5.